The van der Waals surface area contributed by atoms with Crippen molar-refractivity contribution in [2.45, 2.75) is 0 Å². The number of hydrogen-bond acceptors (Lipinski definition) is 10. The summed E-state index contributed by atoms with van der Waals surface area (Å²) < 4.78 is 46.4. The van der Waals surface area contributed by atoms with Gasteiger partial charge in [0, 0.05) is 91.6 Å². The van der Waals surface area contributed by atoms with Crippen LogP contribution in [0.3, 0.4) is 0 Å². The summed E-state index contributed by atoms with van der Waals surface area (Å²) in [6.07, 6.45) is -1.88. The predicted molar refractivity (Wildman–Crippen MR) is 147 cm³/mol. The molecule has 2 aliphatic heterocycles. The van der Waals surface area contributed by atoms with Gasteiger partial charge in [0.2, 0.25) is 0 Å². The van der Waals surface area contributed by atoms with Gasteiger partial charge in [0.15, 0.2) is 0 Å². The van der Waals surface area contributed by atoms with Crippen molar-refractivity contribution in [2.75, 3.05) is 117 Å². The highest BCUT2D eigenvalue weighted by molar-refractivity contribution is 7.52. The van der Waals surface area contributed by atoms with E-state index in [9.17, 15) is 57.4 Å². The molecule has 40 heavy (non-hydrogen) atoms. The van der Waals surface area contributed by atoms with Crippen LogP contribution in [0.15, 0.2) is 0 Å². The molecule has 18 nitrogen and oxygen atoms in total. The lowest BCUT2D eigenvalue weighted by molar-refractivity contribution is 0.170. The zero-order valence-electron chi connectivity index (χ0n) is 22.4. The summed E-state index contributed by atoms with van der Waals surface area (Å²) in [5, 5.41) is 0. The highest BCUT2D eigenvalue weighted by Crippen LogP contribution is 2.37. The second-order valence-electron chi connectivity index (χ2n) is 10.4. The number of hydrogen-bond donors (Lipinski definition) is 8. The van der Waals surface area contributed by atoms with E-state index in [0.29, 0.717) is 65.4 Å². The molecular formula is C18H44N6O12P4. The summed E-state index contributed by atoms with van der Waals surface area (Å²) in [6, 6.07) is 0. The molecule has 0 unspecified atom stereocenters. The van der Waals surface area contributed by atoms with Crippen LogP contribution < -0.4 is 0 Å². The van der Waals surface area contributed by atoms with E-state index in [-0.39, 0.29) is 26.2 Å². The van der Waals surface area contributed by atoms with E-state index < -0.39 is 55.5 Å². The number of nitrogens with zero attached hydrogens (tertiary/aromatic N) is 6. The Hall–Kier alpha value is 0.360. The summed E-state index contributed by atoms with van der Waals surface area (Å²) in [5.74, 6) is 0. The molecule has 238 valence electrons. The van der Waals surface area contributed by atoms with Gasteiger partial charge in [-0.25, -0.2) is 0 Å². The fraction of sp³-hybridized carbons (Fsp3) is 1.00. The average Bonchev–Trinajstić information content (AvgIpc) is 2.89. The molecule has 0 aromatic heterocycles. The highest BCUT2D eigenvalue weighted by atomic mass is 31.2. The topological polar surface area (TPSA) is 250 Å². The van der Waals surface area contributed by atoms with E-state index in [1.807, 2.05) is 9.80 Å². The van der Waals surface area contributed by atoms with Gasteiger partial charge < -0.3 is 39.1 Å². The Bertz CT molecular complexity index is 825. The van der Waals surface area contributed by atoms with Crippen LogP contribution in [-0.4, -0.2) is 185 Å². The van der Waals surface area contributed by atoms with Crippen LogP contribution in [0, 0.1) is 0 Å². The maximum absolute atomic E-state index is 11.6. The van der Waals surface area contributed by atoms with Gasteiger partial charge in [-0.05, 0) is 0 Å². The molecule has 2 saturated heterocycles. The summed E-state index contributed by atoms with van der Waals surface area (Å²) >= 11 is 0. The molecule has 2 heterocycles. The molecule has 2 rings (SSSR count). The first-order chi connectivity index (χ1) is 18.3. The monoisotopic (exact) mass is 660 g/mol. The molecule has 2 aliphatic rings. The maximum Gasteiger partial charge on any atom is 0.339 e. The third-order valence-electron chi connectivity index (χ3n) is 6.66. The smallest absolute Gasteiger partial charge is 0.324 e. The van der Waals surface area contributed by atoms with Crippen molar-refractivity contribution < 1.29 is 57.4 Å². The summed E-state index contributed by atoms with van der Waals surface area (Å²) in [7, 11) is -17.4. The minimum atomic E-state index is -4.35. The summed E-state index contributed by atoms with van der Waals surface area (Å²) in [5.41, 5.74) is 0. The van der Waals surface area contributed by atoms with Crippen LogP contribution in [0.1, 0.15) is 0 Å². The van der Waals surface area contributed by atoms with Crippen LogP contribution in [0.2, 0.25) is 0 Å². The Labute approximate surface area is 234 Å². The second-order valence-corrected chi connectivity index (χ2v) is 16.8. The van der Waals surface area contributed by atoms with Crippen LogP contribution in [0.25, 0.3) is 0 Å². The van der Waals surface area contributed by atoms with Crippen molar-refractivity contribution in [1.29, 1.82) is 0 Å². The molecule has 0 amide bonds. The Morgan fingerprint density at radius 3 is 0.625 bits per heavy atom. The largest absolute Gasteiger partial charge is 0.339 e. The van der Waals surface area contributed by atoms with Crippen LogP contribution >= 0.6 is 30.4 Å². The minimum Gasteiger partial charge on any atom is -0.324 e. The molecule has 8 N–H and O–H groups in total. The van der Waals surface area contributed by atoms with Gasteiger partial charge in [-0.2, -0.15) is 0 Å². The first kappa shape index (κ1) is 36.6. The van der Waals surface area contributed by atoms with Crippen LogP contribution in [0.4, 0.5) is 0 Å². The first-order valence-electron chi connectivity index (χ1n) is 12.8. The molecular weight excluding hydrogens is 616 g/mol. The van der Waals surface area contributed by atoms with Crippen molar-refractivity contribution in [3.63, 3.8) is 0 Å². The van der Waals surface area contributed by atoms with Crippen molar-refractivity contribution in [3.05, 3.63) is 0 Å². The van der Waals surface area contributed by atoms with E-state index in [2.05, 4.69) is 0 Å². The lowest BCUT2D eigenvalue weighted by Gasteiger charge is -2.30. The highest BCUT2D eigenvalue weighted by Gasteiger charge is 2.27. The lowest BCUT2D eigenvalue weighted by atomic mass is 10.3. The quantitative estimate of drug-likeness (QED) is 0.106. The molecule has 0 radical (unpaired) electrons. The van der Waals surface area contributed by atoms with Gasteiger partial charge in [0.25, 0.3) is 0 Å². The van der Waals surface area contributed by atoms with E-state index in [0.717, 1.165) is 0 Å². The Morgan fingerprint density at radius 2 is 0.475 bits per heavy atom. The van der Waals surface area contributed by atoms with Crippen molar-refractivity contribution in [2.24, 2.45) is 0 Å². The van der Waals surface area contributed by atoms with Gasteiger partial charge >= 0.3 is 30.4 Å². The van der Waals surface area contributed by atoms with Crippen molar-refractivity contribution in [1.82, 2.24) is 29.4 Å². The molecule has 0 aromatic carbocycles. The minimum absolute atomic E-state index is 0.232. The third-order valence-corrected chi connectivity index (χ3v) is 9.74. The predicted octanol–water partition coefficient (Wildman–Crippen LogP) is -2.63. The fourth-order valence-electron chi connectivity index (χ4n) is 4.71. The van der Waals surface area contributed by atoms with Gasteiger partial charge in [-0.15, -0.1) is 0 Å². The van der Waals surface area contributed by atoms with Crippen LogP contribution in [0.5, 0.6) is 0 Å². The molecule has 0 aromatic rings. The fourth-order valence-corrected chi connectivity index (χ4v) is 7.92. The van der Waals surface area contributed by atoms with E-state index >= 15 is 0 Å². The third kappa shape index (κ3) is 17.5. The molecule has 0 spiro atoms. The lowest BCUT2D eigenvalue weighted by Crippen LogP contribution is -2.43. The molecule has 0 atom stereocenters. The normalized spacial score (nSPS) is 22.7. The Morgan fingerprint density at radius 1 is 0.325 bits per heavy atom. The average molecular weight is 660 g/mol. The van der Waals surface area contributed by atoms with Crippen LogP contribution in [-0.2, 0) is 18.3 Å². The van der Waals surface area contributed by atoms with Crippen molar-refractivity contribution >= 4 is 30.4 Å². The second kappa shape index (κ2) is 15.9. The molecule has 0 bridgehead atoms. The molecule has 22 heteroatoms. The first-order valence-corrected chi connectivity index (χ1v) is 20.0. The van der Waals surface area contributed by atoms with Gasteiger partial charge in [-0.1, -0.05) is 0 Å². The number of rotatable bonds is 11. The molecule has 0 aliphatic carbocycles. The van der Waals surface area contributed by atoms with Gasteiger partial charge in [0.05, 0.1) is 0 Å². The van der Waals surface area contributed by atoms with E-state index in [1.54, 1.807) is 19.6 Å². The standard InChI is InChI=1S/C18H44N6O12P4/c25-37(26,27)15-21-7-3-19(4-8-22(12-11-21)16-38(28,29)30)1-2-20-5-9-23(17-39(31,32)33)13-14-24(10-6-20)18-40(34,35)36/h1-18H2,(H2,25,26,27)(H2,28,29,30)(H2,31,32,33)(H2,34,35,36). The van der Waals surface area contributed by atoms with E-state index in [1.165, 1.54) is 0 Å². The zero-order valence-corrected chi connectivity index (χ0v) is 26.0. The molecule has 2 fully saturated rings. The van der Waals surface area contributed by atoms with E-state index in [4.69, 9.17) is 0 Å². The van der Waals surface area contributed by atoms with Gasteiger partial charge in [0.1, 0.15) is 25.1 Å². The zero-order chi connectivity index (χ0) is 30.2. The Balaban J connectivity index is 2.09. The summed E-state index contributed by atoms with van der Waals surface area (Å²) in [6.45, 7) is 5.05. The summed E-state index contributed by atoms with van der Waals surface area (Å²) in [4.78, 5) is 86.0. The van der Waals surface area contributed by atoms with Crippen molar-refractivity contribution in [3.8, 4) is 0 Å². The SMILES string of the molecule is O=P(O)(O)CN1CCN(CCN2CCN(CP(=O)(O)O)CCN(CP(=O)(O)O)CC2)CCN(CP(=O)(O)O)CC1. The maximum atomic E-state index is 11.6. The van der Waals surface area contributed by atoms with Gasteiger partial charge in [-0.3, -0.25) is 47.7 Å². The Kier molecular flexibility index (Phi) is 14.5. The molecule has 0 saturated carbocycles.